The van der Waals surface area contributed by atoms with E-state index < -0.39 is 11.6 Å². The summed E-state index contributed by atoms with van der Waals surface area (Å²) in [6.45, 7) is 1.55. The molecule has 0 saturated carbocycles. The zero-order valence-electron chi connectivity index (χ0n) is 5.90. The van der Waals surface area contributed by atoms with Crippen LogP contribution in [0.2, 0.25) is 0 Å². The van der Waals surface area contributed by atoms with Crippen LogP contribution in [0.5, 0.6) is 0 Å². The molecule has 0 bridgehead atoms. The smallest absolute Gasteiger partial charge is 0.159 e. The average Bonchev–Trinajstić information content (AvgIpc) is 1.97. The minimum Gasteiger partial charge on any atom is -0.298 e. The van der Waals surface area contributed by atoms with Gasteiger partial charge in [-0.05, 0) is 24.6 Å². The third-order valence-electron chi connectivity index (χ3n) is 1.44. The van der Waals surface area contributed by atoms with Crippen LogP contribution in [0.4, 0.5) is 8.78 Å². The van der Waals surface area contributed by atoms with E-state index >= 15 is 0 Å². The summed E-state index contributed by atoms with van der Waals surface area (Å²) in [5, 5.41) is 0. The summed E-state index contributed by atoms with van der Waals surface area (Å²) in [6, 6.07) is 1.89. The highest BCUT2D eigenvalue weighted by Crippen LogP contribution is 2.11. The summed E-state index contributed by atoms with van der Waals surface area (Å²) >= 11 is 0. The molecule has 0 aliphatic heterocycles. The molecule has 1 nitrogen and oxygen atoms in total. The largest absolute Gasteiger partial charge is 0.298 e. The van der Waals surface area contributed by atoms with Crippen LogP contribution < -0.4 is 0 Å². The molecule has 0 unspecified atom stereocenters. The summed E-state index contributed by atoms with van der Waals surface area (Å²) in [6.07, 6.45) is 0.498. The maximum atomic E-state index is 12.4. The number of hydrogen-bond acceptors (Lipinski definition) is 1. The number of aryl methyl sites for hydroxylation is 1. The Morgan fingerprint density at radius 3 is 2.36 bits per heavy atom. The lowest BCUT2D eigenvalue weighted by Gasteiger charge is -1.97. The fraction of sp³-hybridized carbons (Fsp3) is 0.125. The Morgan fingerprint density at radius 2 is 1.82 bits per heavy atom. The summed E-state index contributed by atoms with van der Waals surface area (Å²) in [5.41, 5.74) is 0.628. The van der Waals surface area contributed by atoms with Gasteiger partial charge in [0.25, 0.3) is 0 Å². The van der Waals surface area contributed by atoms with Crippen LogP contribution in [0.1, 0.15) is 15.9 Å². The molecule has 0 aromatic heterocycles. The average molecular weight is 156 g/mol. The van der Waals surface area contributed by atoms with Gasteiger partial charge in [0.1, 0.15) is 6.29 Å². The Hall–Kier alpha value is -1.25. The van der Waals surface area contributed by atoms with Crippen molar-refractivity contribution < 1.29 is 13.6 Å². The second-order valence-corrected chi connectivity index (χ2v) is 2.24. The maximum Gasteiger partial charge on any atom is 0.159 e. The van der Waals surface area contributed by atoms with Crippen LogP contribution in [-0.2, 0) is 0 Å². The molecule has 58 valence electrons. The van der Waals surface area contributed by atoms with E-state index in [1.165, 1.54) is 0 Å². The van der Waals surface area contributed by atoms with Crippen molar-refractivity contribution in [1.82, 2.24) is 0 Å². The lowest BCUT2D eigenvalue weighted by molar-refractivity contribution is 0.112. The predicted octanol–water partition coefficient (Wildman–Crippen LogP) is 2.09. The minimum atomic E-state index is -0.988. The van der Waals surface area contributed by atoms with E-state index in [4.69, 9.17) is 0 Å². The van der Waals surface area contributed by atoms with Crippen LogP contribution in [0.25, 0.3) is 0 Å². The van der Waals surface area contributed by atoms with Crippen LogP contribution >= 0.6 is 0 Å². The zero-order chi connectivity index (χ0) is 8.43. The van der Waals surface area contributed by atoms with Gasteiger partial charge in [-0.3, -0.25) is 4.79 Å². The highest BCUT2D eigenvalue weighted by molar-refractivity contribution is 5.76. The summed E-state index contributed by atoms with van der Waals surface area (Å²) < 4.78 is 24.8. The number of carbonyl (C=O) groups excluding carboxylic acids is 1. The fourth-order valence-electron chi connectivity index (χ4n) is 0.789. The first-order chi connectivity index (χ1) is 5.15. The molecule has 0 atom stereocenters. The SMILES string of the molecule is Cc1cc(F)c(F)cc1C=O. The topological polar surface area (TPSA) is 17.1 Å². The first-order valence-corrected chi connectivity index (χ1v) is 3.06. The Balaban J connectivity index is 3.31. The molecule has 0 saturated heterocycles. The zero-order valence-corrected chi connectivity index (χ0v) is 5.90. The van der Waals surface area contributed by atoms with Gasteiger partial charge in [0, 0.05) is 5.56 Å². The van der Waals surface area contributed by atoms with Crippen molar-refractivity contribution in [2.75, 3.05) is 0 Å². The van der Waals surface area contributed by atoms with Gasteiger partial charge < -0.3 is 0 Å². The van der Waals surface area contributed by atoms with Crippen molar-refractivity contribution >= 4 is 6.29 Å². The van der Waals surface area contributed by atoms with Gasteiger partial charge in [-0.2, -0.15) is 0 Å². The van der Waals surface area contributed by atoms with Crippen LogP contribution in [0, 0.1) is 18.6 Å². The van der Waals surface area contributed by atoms with E-state index in [-0.39, 0.29) is 5.56 Å². The molecule has 0 spiro atoms. The molecule has 11 heavy (non-hydrogen) atoms. The normalized spacial score (nSPS) is 9.73. The third-order valence-corrected chi connectivity index (χ3v) is 1.44. The molecule has 1 rings (SSSR count). The number of benzene rings is 1. The van der Waals surface area contributed by atoms with Crippen molar-refractivity contribution in [2.45, 2.75) is 6.92 Å². The Bertz CT molecular complexity index is 294. The standard InChI is InChI=1S/C8H6F2O/c1-5-2-7(9)8(10)3-6(5)4-11/h2-4H,1H3. The quantitative estimate of drug-likeness (QED) is 0.569. The molecule has 0 aliphatic carbocycles. The van der Waals surface area contributed by atoms with Gasteiger partial charge >= 0.3 is 0 Å². The molecule has 1 aromatic rings. The van der Waals surface area contributed by atoms with E-state index in [1.807, 2.05) is 0 Å². The van der Waals surface area contributed by atoms with Gasteiger partial charge in [-0.25, -0.2) is 8.78 Å². The Morgan fingerprint density at radius 1 is 1.27 bits per heavy atom. The van der Waals surface area contributed by atoms with Gasteiger partial charge in [0.15, 0.2) is 11.6 Å². The van der Waals surface area contributed by atoms with Crippen LogP contribution in [-0.4, -0.2) is 6.29 Å². The minimum absolute atomic E-state index is 0.184. The second-order valence-electron chi connectivity index (χ2n) is 2.24. The first kappa shape index (κ1) is 7.85. The number of hydrogen-bond donors (Lipinski definition) is 0. The third kappa shape index (κ3) is 1.42. The van der Waals surface area contributed by atoms with Gasteiger partial charge in [-0.15, -0.1) is 0 Å². The number of rotatable bonds is 1. The van der Waals surface area contributed by atoms with E-state index in [2.05, 4.69) is 0 Å². The second kappa shape index (κ2) is 2.78. The lowest BCUT2D eigenvalue weighted by Crippen LogP contribution is -1.91. The summed E-state index contributed by atoms with van der Waals surface area (Å²) in [5.74, 6) is -1.91. The van der Waals surface area contributed by atoms with E-state index in [0.717, 1.165) is 12.1 Å². The van der Waals surface area contributed by atoms with Crippen molar-refractivity contribution in [1.29, 1.82) is 0 Å². The maximum absolute atomic E-state index is 12.4. The van der Waals surface area contributed by atoms with Crippen molar-refractivity contribution in [2.24, 2.45) is 0 Å². The molecular formula is C8H6F2O. The Kier molecular flexibility index (Phi) is 1.98. The molecule has 0 amide bonds. The van der Waals surface area contributed by atoms with Gasteiger partial charge in [0.2, 0.25) is 0 Å². The summed E-state index contributed by atoms with van der Waals surface area (Å²) in [4.78, 5) is 10.2. The van der Waals surface area contributed by atoms with Crippen molar-refractivity contribution in [3.63, 3.8) is 0 Å². The number of halogens is 2. The molecule has 0 aliphatic rings. The van der Waals surface area contributed by atoms with Gasteiger partial charge in [0.05, 0.1) is 0 Å². The number of carbonyl (C=O) groups is 1. The first-order valence-electron chi connectivity index (χ1n) is 3.06. The van der Waals surface area contributed by atoms with Crippen molar-refractivity contribution in [3.8, 4) is 0 Å². The van der Waals surface area contributed by atoms with Crippen LogP contribution in [0.3, 0.4) is 0 Å². The van der Waals surface area contributed by atoms with Crippen molar-refractivity contribution in [3.05, 3.63) is 34.9 Å². The molecular weight excluding hydrogens is 150 g/mol. The highest BCUT2D eigenvalue weighted by Gasteiger charge is 2.04. The van der Waals surface area contributed by atoms with E-state index in [0.29, 0.717) is 11.8 Å². The molecule has 0 heterocycles. The monoisotopic (exact) mass is 156 g/mol. The predicted molar refractivity (Wildman–Crippen MR) is 36.5 cm³/mol. The molecule has 1 aromatic carbocycles. The number of aldehydes is 1. The Labute approximate surface area is 62.7 Å². The molecule has 0 fully saturated rings. The van der Waals surface area contributed by atoms with E-state index in [9.17, 15) is 13.6 Å². The summed E-state index contributed by atoms with van der Waals surface area (Å²) in [7, 11) is 0. The van der Waals surface area contributed by atoms with Gasteiger partial charge in [-0.1, -0.05) is 0 Å². The molecule has 0 N–H and O–H groups in total. The molecule has 0 radical (unpaired) electrons. The molecule has 3 heteroatoms. The fourth-order valence-corrected chi connectivity index (χ4v) is 0.789. The van der Waals surface area contributed by atoms with Crippen LogP contribution in [0.15, 0.2) is 12.1 Å². The van der Waals surface area contributed by atoms with E-state index in [1.54, 1.807) is 6.92 Å². The highest BCUT2D eigenvalue weighted by atomic mass is 19.2. The lowest BCUT2D eigenvalue weighted by atomic mass is 10.1.